The maximum Gasteiger partial charge on any atom is 0.407 e. The number of fused-ring (bicyclic) bond motifs is 3. The molecule has 11 heteroatoms. The zero-order valence-corrected chi connectivity index (χ0v) is 22.7. The Labute approximate surface area is 233 Å². The van der Waals surface area contributed by atoms with E-state index < -0.39 is 44.8 Å². The van der Waals surface area contributed by atoms with E-state index in [0.29, 0.717) is 25.8 Å². The highest BCUT2D eigenvalue weighted by atomic mass is 32.2. The van der Waals surface area contributed by atoms with Crippen molar-refractivity contribution in [1.29, 1.82) is 0 Å². The lowest BCUT2D eigenvalue weighted by molar-refractivity contribution is -0.130. The number of hydrogen-bond donors (Lipinski definition) is 4. The molecular weight excluding hydrogens is 532 g/mol. The second-order valence-corrected chi connectivity index (χ2v) is 13.0. The molecule has 0 aromatic heterocycles. The van der Waals surface area contributed by atoms with E-state index in [4.69, 9.17) is 4.74 Å². The van der Waals surface area contributed by atoms with Crippen molar-refractivity contribution in [1.82, 2.24) is 20.7 Å². The van der Waals surface area contributed by atoms with Gasteiger partial charge in [0.1, 0.15) is 12.1 Å². The quantitative estimate of drug-likeness (QED) is 0.341. The first-order chi connectivity index (χ1) is 19.2. The Morgan fingerprint density at radius 2 is 1.70 bits per heavy atom. The van der Waals surface area contributed by atoms with E-state index in [1.807, 2.05) is 24.3 Å². The maximum absolute atomic E-state index is 13.1. The Kier molecular flexibility index (Phi) is 6.66. The molecule has 2 aromatic carbocycles. The van der Waals surface area contributed by atoms with Gasteiger partial charge in [0.2, 0.25) is 15.9 Å². The molecule has 210 valence electrons. The van der Waals surface area contributed by atoms with Crippen molar-refractivity contribution < 1.29 is 27.5 Å². The number of alkyl carbamates (subject to hydrolysis) is 1. The third-order valence-corrected chi connectivity index (χ3v) is 10.2. The molecule has 0 bridgehead atoms. The van der Waals surface area contributed by atoms with Gasteiger partial charge in [0.05, 0.1) is 11.3 Å². The van der Waals surface area contributed by atoms with E-state index in [9.17, 15) is 22.8 Å². The van der Waals surface area contributed by atoms with Gasteiger partial charge in [0.25, 0.3) is 5.91 Å². The molecule has 4 N–H and O–H groups in total. The van der Waals surface area contributed by atoms with Crippen LogP contribution in [0.15, 0.2) is 61.2 Å². The van der Waals surface area contributed by atoms with Crippen LogP contribution >= 0.6 is 0 Å². The van der Waals surface area contributed by atoms with E-state index in [1.54, 1.807) is 6.08 Å². The van der Waals surface area contributed by atoms with Gasteiger partial charge in [-0.05, 0) is 47.9 Å². The van der Waals surface area contributed by atoms with Gasteiger partial charge in [-0.1, -0.05) is 54.6 Å². The van der Waals surface area contributed by atoms with Crippen LogP contribution in [0.2, 0.25) is 0 Å². The Hall–Kier alpha value is -3.70. The molecule has 4 aliphatic rings. The smallest absolute Gasteiger partial charge is 0.407 e. The number of benzene rings is 2. The lowest BCUT2D eigenvalue weighted by atomic mass is 9.98. The number of ether oxygens (including phenoxy) is 1. The molecule has 10 nitrogen and oxygen atoms in total. The van der Waals surface area contributed by atoms with Crippen LogP contribution in [-0.4, -0.2) is 62.3 Å². The number of carbonyl (C=O) groups excluding carboxylic acids is 3. The molecule has 2 aromatic rings. The molecule has 1 aliphatic heterocycles. The van der Waals surface area contributed by atoms with E-state index in [1.165, 1.54) is 0 Å². The zero-order valence-electron chi connectivity index (χ0n) is 21.9. The average molecular weight is 565 g/mol. The number of rotatable bonds is 9. The summed E-state index contributed by atoms with van der Waals surface area (Å²) in [5, 5.41) is 8.11. The minimum Gasteiger partial charge on any atom is -0.449 e. The van der Waals surface area contributed by atoms with Crippen molar-refractivity contribution in [2.45, 2.75) is 54.5 Å². The van der Waals surface area contributed by atoms with E-state index in [0.717, 1.165) is 22.3 Å². The van der Waals surface area contributed by atoms with Crippen molar-refractivity contribution in [3.05, 3.63) is 72.3 Å². The summed E-state index contributed by atoms with van der Waals surface area (Å²) >= 11 is 0. The molecule has 0 radical (unpaired) electrons. The second-order valence-electron chi connectivity index (χ2n) is 11.0. The van der Waals surface area contributed by atoms with Crippen LogP contribution in [-0.2, 0) is 24.3 Å². The third-order valence-electron chi connectivity index (χ3n) is 8.36. The van der Waals surface area contributed by atoms with E-state index >= 15 is 0 Å². The first-order valence-corrected chi connectivity index (χ1v) is 15.1. The summed E-state index contributed by atoms with van der Waals surface area (Å²) in [5.41, 5.74) is 3.20. The minimum atomic E-state index is -3.75. The number of hydrogen-bond acceptors (Lipinski definition) is 7. The Morgan fingerprint density at radius 1 is 1.05 bits per heavy atom. The van der Waals surface area contributed by atoms with Crippen molar-refractivity contribution in [2.24, 2.45) is 5.92 Å². The lowest BCUT2D eigenvalue weighted by Crippen LogP contribution is -2.55. The summed E-state index contributed by atoms with van der Waals surface area (Å²) in [5.74, 6) is -1.58. The van der Waals surface area contributed by atoms with E-state index in [2.05, 4.69) is 51.5 Å². The molecule has 40 heavy (non-hydrogen) atoms. The zero-order chi connectivity index (χ0) is 28.1. The molecule has 3 amide bonds. The number of amides is 3. The number of sulfonamides is 1. The summed E-state index contributed by atoms with van der Waals surface area (Å²) in [6.07, 6.45) is 2.61. The molecule has 1 saturated heterocycles. The van der Waals surface area contributed by atoms with Gasteiger partial charge in [0.15, 0.2) is 0 Å². The van der Waals surface area contributed by atoms with Gasteiger partial charge in [0, 0.05) is 24.4 Å². The fourth-order valence-electron chi connectivity index (χ4n) is 5.88. The van der Waals surface area contributed by atoms with Gasteiger partial charge in [-0.25, -0.2) is 13.2 Å². The largest absolute Gasteiger partial charge is 0.449 e. The monoisotopic (exact) mass is 564 g/mol. The molecule has 0 spiro atoms. The summed E-state index contributed by atoms with van der Waals surface area (Å²) in [7, 11) is -3.75. The fourth-order valence-corrected chi connectivity index (χ4v) is 7.24. The molecule has 6 rings (SSSR count). The predicted octanol–water partition coefficient (Wildman–Crippen LogP) is 1.92. The van der Waals surface area contributed by atoms with Gasteiger partial charge in [-0.15, -0.1) is 6.58 Å². The standard InChI is InChI=1S/C29H32N4O6S/c1-2-17-14-29(17,27(35)33-40(37,38)19-11-12-19)32-26(34)25-13-18(15-30-25)31-28(36)39-16-24-22-9-5-3-7-20(22)21-8-4-6-10-23(21)24/h2-10,17-19,24-25,30H,1,11-16H2,(H,31,36)(H,32,34)(H,33,35). The molecule has 2 saturated carbocycles. The van der Waals surface area contributed by atoms with Crippen LogP contribution in [0.1, 0.15) is 42.7 Å². The maximum atomic E-state index is 13.1. The highest BCUT2D eigenvalue weighted by Gasteiger charge is 2.61. The topological polar surface area (TPSA) is 143 Å². The first-order valence-electron chi connectivity index (χ1n) is 13.6. The number of nitrogens with one attached hydrogen (secondary N) is 4. The predicted molar refractivity (Wildman–Crippen MR) is 148 cm³/mol. The SMILES string of the molecule is C=CC1CC1(NC(=O)C1CC(NC(=O)OCC2c3ccccc3-c3ccccc32)CN1)C(=O)NS(=O)(=O)C1CC1. The van der Waals surface area contributed by atoms with Gasteiger partial charge < -0.3 is 20.7 Å². The molecule has 4 unspecified atom stereocenters. The van der Waals surface area contributed by atoms with Crippen molar-refractivity contribution in [3.8, 4) is 11.1 Å². The molecule has 3 aliphatic carbocycles. The Morgan fingerprint density at radius 3 is 2.30 bits per heavy atom. The first kappa shape index (κ1) is 26.5. The van der Waals surface area contributed by atoms with Crippen LogP contribution in [0.3, 0.4) is 0 Å². The van der Waals surface area contributed by atoms with Crippen LogP contribution in [0, 0.1) is 5.92 Å². The summed E-state index contributed by atoms with van der Waals surface area (Å²) < 4.78 is 32.3. The molecule has 3 fully saturated rings. The van der Waals surface area contributed by atoms with Crippen LogP contribution in [0.4, 0.5) is 4.79 Å². The minimum absolute atomic E-state index is 0.0548. The van der Waals surface area contributed by atoms with Gasteiger partial charge >= 0.3 is 6.09 Å². The summed E-state index contributed by atoms with van der Waals surface area (Å²) in [4.78, 5) is 38.6. The molecule has 1 heterocycles. The van der Waals surface area contributed by atoms with Crippen molar-refractivity contribution in [3.63, 3.8) is 0 Å². The van der Waals surface area contributed by atoms with Crippen LogP contribution < -0.4 is 20.7 Å². The fraction of sp³-hybridized carbons (Fsp3) is 0.414. The molecular formula is C29H32N4O6S. The Balaban J connectivity index is 1.02. The highest BCUT2D eigenvalue weighted by molar-refractivity contribution is 7.91. The summed E-state index contributed by atoms with van der Waals surface area (Å²) in [6, 6.07) is 15.2. The van der Waals surface area contributed by atoms with Crippen LogP contribution in [0.5, 0.6) is 0 Å². The normalized spacial score (nSPS) is 26.8. The van der Waals surface area contributed by atoms with Crippen molar-refractivity contribution >= 4 is 27.9 Å². The molecule has 4 atom stereocenters. The highest BCUT2D eigenvalue weighted by Crippen LogP contribution is 2.46. The van der Waals surface area contributed by atoms with Gasteiger partial charge in [-0.2, -0.15) is 0 Å². The number of carbonyl (C=O) groups is 3. The second kappa shape index (κ2) is 10.0. The van der Waals surface area contributed by atoms with Gasteiger partial charge in [-0.3, -0.25) is 14.3 Å². The summed E-state index contributed by atoms with van der Waals surface area (Å²) in [6.45, 7) is 4.25. The third kappa shape index (κ3) is 4.88. The Bertz CT molecular complexity index is 1440. The van der Waals surface area contributed by atoms with Crippen LogP contribution in [0.25, 0.3) is 11.1 Å². The lowest BCUT2D eigenvalue weighted by Gasteiger charge is -2.21. The average Bonchev–Trinajstić information content (AvgIpc) is 3.84. The van der Waals surface area contributed by atoms with E-state index in [-0.39, 0.29) is 30.9 Å². The van der Waals surface area contributed by atoms with Crippen molar-refractivity contribution in [2.75, 3.05) is 13.2 Å².